The molecule has 0 saturated carbocycles. The number of hydrogen-bond donors (Lipinski definition) is 1. The monoisotopic (exact) mass is 257 g/mol. The van der Waals surface area contributed by atoms with Crippen LogP contribution in [-0.2, 0) is 0 Å². The highest BCUT2D eigenvalue weighted by atomic mass is 35.5. The predicted octanol–water partition coefficient (Wildman–Crippen LogP) is 4.02. The van der Waals surface area contributed by atoms with E-state index in [1.54, 1.807) is 0 Å². The van der Waals surface area contributed by atoms with Gasteiger partial charge < -0.3 is 5.21 Å². The zero-order chi connectivity index (χ0) is 10.0. The van der Waals surface area contributed by atoms with E-state index in [1.165, 1.54) is 12.1 Å². The van der Waals surface area contributed by atoms with Gasteiger partial charge in [-0.05, 0) is 12.1 Å². The Morgan fingerprint density at radius 1 is 1.23 bits per heavy atom. The van der Waals surface area contributed by atoms with Crippen LogP contribution in [0.5, 0.6) is 0 Å². The minimum atomic E-state index is -0.158. The van der Waals surface area contributed by atoms with Crippen molar-refractivity contribution in [2.75, 3.05) is 0 Å². The van der Waals surface area contributed by atoms with E-state index in [9.17, 15) is 0 Å². The van der Waals surface area contributed by atoms with Crippen LogP contribution >= 0.6 is 46.4 Å². The van der Waals surface area contributed by atoms with Gasteiger partial charge in [-0.3, -0.25) is 0 Å². The Morgan fingerprint density at radius 3 is 2.38 bits per heavy atom. The van der Waals surface area contributed by atoms with Crippen LogP contribution in [-0.4, -0.2) is 10.4 Å². The summed E-state index contributed by atoms with van der Waals surface area (Å²) in [6, 6.07) is 2.92. The average molecular weight is 259 g/mol. The molecule has 0 spiro atoms. The highest BCUT2D eigenvalue weighted by Crippen LogP contribution is 2.30. The summed E-state index contributed by atoms with van der Waals surface area (Å²) in [4.78, 5) is 0. The zero-order valence-corrected chi connectivity index (χ0v) is 9.08. The molecule has 0 aliphatic heterocycles. The Hall–Kier alpha value is -0.150. The summed E-state index contributed by atoms with van der Waals surface area (Å²) in [7, 11) is 0. The van der Waals surface area contributed by atoms with Crippen LogP contribution < -0.4 is 0 Å². The van der Waals surface area contributed by atoms with Gasteiger partial charge in [-0.2, -0.15) is 0 Å². The molecule has 0 amide bonds. The van der Waals surface area contributed by atoms with Crippen molar-refractivity contribution in [1.82, 2.24) is 0 Å². The van der Waals surface area contributed by atoms with E-state index in [1.807, 2.05) is 0 Å². The molecule has 0 saturated heterocycles. The Kier molecular flexibility index (Phi) is 3.68. The van der Waals surface area contributed by atoms with E-state index in [0.717, 1.165) is 0 Å². The van der Waals surface area contributed by atoms with E-state index in [2.05, 4.69) is 5.16 Å². The van der Waals surface area contributed by atoms with Crippen LogP contribution in [0.4, 0.5) is 0 Å². The number of rotatable bonds is 1. The quantitative estimate of drug-likeness (QED) is 0.351. The van der Waals surface area contributed by atoms with Gasteiger partial charge in [0.05, 0.1) is 10.0 Å². The number of benzene rings is 1. The van der Waals surface area contributed by atoms with Gasteiger partial charge in [-0.25, -0.2) is 0 Å². The maximum absolute atomic E-state index is 8.41. The zero-order valence-electron chi connectivity index (χ0n) is 6.06. The highest BCUT2D eigenvalue weighted by molar-refractivity contribution is 6.70. The minimum Gasteiger partial charge on any atom is -0.410 e. The topological polar surface area (TPSA) is 32.6 Å². The molecular formula is C7H3Cl4NO. The third kappa shape index (κ3) is 2.41. The number of oxime groups is 1. The highest BCUT2D eigenvalue weighted by Gasteiger charge is 2.11. The number of hydrogen-bond acceptors (Lipinski definition) is 2. The number of nitrogens with zero attached hydrogens (tertiary/aromatic N) is 1. The van der Waals surface area contributed by atoms with Crippen LogP contribution in [0.1, 0.15) is 5.56 Å². The normalized spacial score (nSPS) is 11.8. The summed E-state index contributed by atoms with van der Waals surface area (Å²) in [5.74, 6) is 0. The van der Waals surface area contributed by atoms with E-state index in [4.69, 9.17) is 51.6 Å². The molecule has 0 fully saturated rings. The van der Waals surface area contributed by atoms with Crippen LogP contribution in [0.2, 0.25) is 15.1 Å². The van der Waals surface area contributed by atoms with Crippen LogP contribution in [0.25, 0.3) is 0 Å². The van der Waals surface area contributed by atoms with Crippen molar-refractivity contribution in [2.24, 2.45) is 5.16 Å². The summed E-state index contributed by atoms with van der Waals surface area (Å²) in [5.41, 5.74) is 0.295. The van der Waals surface area contributed by atoms with Gasteiger partial charge in [-0.15, -0.1) is 0 Å². The van der Waals surface area contributed by atoms with Crippen molar-refractivity contribution in [2.45, 2.75) is 0 Å². The van der Waals surface area contributed by atoms with E-state index < -0.39 is 0 Å². The van der Waals surface area contributed by atoms with Crippen LogP contribution in [0, 0.1) is 0 Å². The van der Waals surface area contributed by atoms with Crippen LogP contribution in [0.15, 0.2) is 17.3 Å². The summed E-state index contributed by atoms with van der Waals surface area (Å²) in [6.45, 7) is 0. The lowest BCUT2D eigenvalue weighted by atomic mass is 10.2. The fourth-order valence-corrected chi connectivity index (χ4v) is 1.65. The van der Waals surface area contributed by atoms with Crippen molar-refractivity contribution in [3.05, 3.63) is 32.8 Å². The Labute approximate surface area is 94.7 Å². The Bertz CT molecular complexity index is 364. The molecule has 0 heterocycles. The smallest absolute Gasteiger partial charge is 0.176 e. The molecular weight excluding hydrogens is 256 g/mol. The molecule has 1 rings (SSSR count). The molecule has 1 aromatic rings. The second kappa shape index (κ2) is 4.38. The van der Waals surface area contributed by atoms with Crippen molar-refractivity contribution in [3.8, 4) is 0 Å². The first-order chi connectivity index (χ1) is 6.06. The molecule has 0 aliphatic rings. The molecule has 0 bridgehead atoms. The van der Waals surface area contributed by atoms with E-state index >= 15 is 0 Å². The molecule has 1 N–H and O–H groups in total. The van der Waals surface area contributed by atoms with E-state index in [-0.39, 0.29) is 15.2 Å². The van der Waals surface area contributed by atoms with Gasteiger partial charge in [0.25, 0.3) is 0 Å². The molecule has 1 aromatic carbocycles. The minimum absolute atomic E-state index is 0.158. The van der Waals surface area contributed by atoms with E-state index in [0.29, 0.717) is 10.6 Å². The number of halogens is 4. The van der Waals surface area contributed by atoms with Gasteiger partial charge in [0.1, 0.15) is 0 Å². The van der Waals surface area contributed by atoms with Crippen molar-refractivity contribution >= 4 is 51.6 Å². The first kappa shape index (κ1) is 10.9. The van der Waals surface area contributed by atoms with Gasteiger partial charge in [0, 0.05) is 10.6 Å². The Balaban J connectivity index is 3.37. The lowest BCUT2D eigenvalue weighted by Crippen LogP contribution is -1.93. The SMILES string of the molecule is O/N=C(\Cl)c1cc(Cl)cc(Cl)c1Cl. The molecule has 13 heavy (non-hydrogen) atoms. The first-order valence-electron chi connectivity index (χ1n) is 3.08. The van der Waals surface area contributed by atoms with Gasteiger partial charge in [0.2, 0.25) is 0 Å². The second-order valence-electron chi connectivity index (χ2n) is 2.14. The van der Waals surface area contributed by atoms with Gasteiger partial charge >= 0.3 is 0 Å². The maximum atomic E-state index is 8.41. The third-order valence-electron chi connectivity index (χ3n) is 1.30. The molecule has 70 valence electrons. The summed E-state index contributed by atoms with van der Waals surface area (Å²) >= 11 is 22.7. The maximum Gasteiger partial charge on any atom is 0.176 e. The molecule has 0 aliphatic carbocycles. The van der Waals surface area contributed by atoms with Crippen LogP contribution in [0.3, 0.4) is 0 Å². The largest absolute Gasteiger partial charge is 0.410 e. The summed E-state index contributed by atoms with van der Waals surface area (Å²) < 4.78 is 0. The summed E-state index contributed by atoms with van der Waals surface area (Å²) in [5, 5.41) is 11.9. The third-order valence-corrected chi connectivity index (χ3v) is 2.60. The second-order valence-corrected chi connectivity index (χ2v) is 3.72. The molecule has 6 heteroatoms. The lowest BCUT2D eigenvalue weighted by Gasteiger charge is -2.03. The molecule has 0 atom stereocenters. The fraction of sp³-hybridized carbons (Fsp3) is 0. The molecule has 0 radical (unpaired) electrons. The van der Waals surface area contributed by atoms with Gasteiger partial charge in [-0.1, -0.05) is 51.6 Å². The lowest BCUT2D eigenvalue weighted by molar-refractivity contribution is 0.321. The molecule has 0 unspecified atom stereocenters. The molecule has 0 aromatic heterocycles. The fourth-order valence-electron chi connectivity index (χ4n) is 0.760. The van der Waals surface area contributed by atoms with Crippen molar-refractivity contribution in [3.63, 3.8) is 0 Å². The first-order valence-corrected chi connectivity index (χ1v) is 4.60. The average Bonchev–Trinajstić information content (AvgIpc) is 2.10. The Morgan fingerprint density at radius 2 is 1.85 bits per heavy atom. The van der Waals surface area contributed by atoms with Crippen molar-refractivity contribution < 1.29 is 5.21 Å². The van der Waals surface area contributed by atoms with Gasteiger partial charge in [0.15, 0.2) is 5.17 Å². The summed E-state index contributed by atoms with van der Waals surface area (Å²) in [6.07, 6.45) is 0. The van der Waals surface area contributed by atoms with Crippen molar-refractivity contribution in [1.29, 1.82) is 0 Å². The standard InChI is InChI=1S/C7H3Cl4NO/c8-3-1-4(7(11)12-13)6(10)5(9)2-3/h1-2,13H/b12-7-. The predicted molar refractivity (Wildman–Crippen MR) is 55.6 cm³/mol. The molecule has 2 nitrogen and oxygen atoms in total.